The van der Waals surface area contributed by atoms with Gasteiger partial charge in [0.1, 0.15) is 5.60 Å². The van der Waals surface area contributed by atoms with Gasteiger partial charge in [-0.05, 0) is 64.2 Å². The van der Waals surface area contributed by atoms with E-state index in [-0.39, 0.29) is 11.6 Å². The van der Waals surface area contributed by atoms with Crippen molar-refractivity contribution < 1.29 is 19.4 Å². The summed E-state index contributed by atoms with van der Waals surface area (Å²) in [6.45, 7) is 6.06. The van der Waals surface area contributed by atoms with Crippen LogP contribution in [0.4, 0.5) is 10.5 Å². The van der Waals surface area contributed by atoms with Crippen LogP contribution in [-0.2, 0) is 4.74 Å². The third-order valence-corrected chi connectivity index (χ3v) is 4.26. The molecule has 1 fully saturated rings. The van der Waals surface area contributed by atoms with Crippen molar-refractivity contribution in [3.63, 3.8) is 0 Å². The fraction of sp³-hybridized carbons (Fsp3) is 0.556. The van der Waals surface area contributed by atoms with Crippen molar-refractivity contribution in [3.8, 4) is 0 Å². The lowest BCUT2D eigenvalue weighted by Gasteiger charge is -2.37. The van der Waals surface area contributed by atoms with Crippen LogP contribution in [0.25, 0.3) is 0 Å². The number of ether oxygens (including phenoxy) is 1. The van der Waals surface area contributed by atoms with E-state index in [1.54, 1.807) is 12.1 Å². The number of hydrogen-bond donors (Lipinski definition) is 3. The molecule has 25 heavy (non-hydrogen) atoms. The number of carboxylic acid groups (broad SMARTS) is 1. The van der Waals surface area contributed by atoms with Crippen LogP contribution in [-0.4, -0.2) is 35.4 Å². The average Bonchev–Trinajstić information content (AvgIpc) is 2.42. The number of benzene rings is 1. The summed E-state index contributed by atoms with van der Waals surface area (Å²) in [6, 6.07) is 4.95. The molecule has 2 rings (SSSR count). The lowest BCUT2D eigenvalue weighted by atomic mass is 9.78. The molecule has 3 N–H and O–H groups in total. The monoisotopic (exact) mass is 368 g/mol. The first-order valence-corrected chi connectivity index (χ1v) is 8.78. The van der Waals surface area contributed by atoms with Crippen molar-refractivity contribution in [2.45, 2.75) is 51.7 Å². The quantitative estimate of drug-likeness (QED) is 0.702. The smallest absolute Gasteiger partial charge is 0.407 e. The first-order valence-electron chi connectivity index (χ1n) is 8.40. The number of amides is 1. The number of halogens is 1. The molecule has 6 nitrogen and oxygen atoms in total. The van der Waals surface area contributed by atoms with Gasteiger partial charge in [0.15, 0.2) is 0 Å². The lowest BCUT2D eigenvalue weighted by Crippen LogP contribution is -2.39. The third kappa shape index (κ3) is 6.12. The summed E-state index contributed by atoms with van der Waals surface area (Å²) in [5, 5.41) is 15.7. The van der Waals surface area contributed by atoms with Gasteiger partial charge in [-0.3, -0.25) is 0 Å². The minimum absolute atomic E-state index is 0.222. The second kappa shape index (κ2) is 7.95. The number of nitrogens with one attached hydrogen (secondary N) is 2. The first-order chi connectivity index (χ1) is 11.6. The molecule has 0 aromatic heterocycles. The molecular formula is C18H25ClN2O4. The van der Waals surface area contributed by atoms with Crippen LogP contribution in [0.2, 0.25) is 5.02 Å². The Morgan fingerprint density at radius 1 is 1.32 bits per heavy atom. The van der Waals surface area contributed by atoms with Gasteiger partial charge < -0.3 is 20.5 Å². The van der Waals surface area contributed by atoms with E-state index in [0.29, 0.717) is 23.2 Å². The lowest BCUT2D eigenvalue weighted by molar-refractivity contribution is 0.0521. The van der Waals surface area contributed by atoms with Crippen molar-refractivity contribution >= 4 is 29.4 Å². The number of anilines is 1. The van der Waals surface area contributed by atoms with Gasteiger partial charge in [0.2, 0.25) is 0 Å². The number of alkyl carbamates (subject to hydrolysis) is 1. The molecule has 1 saturated carbocycles. The second-order valence-electron chi connectivity index (χ2n) is 7.39. The van der Waals surface area contributed by atoms with Crippen molar-refractivity contribution in [3.05, 3.63) is 28.8 Å². The highest BCUT2D eigenvalue weighted by Crippen LogP contribution is 2.34. The summed E-state index contributed by atoms with van der Waals surface area (Å²) in [5.74, 6) is -0.475. The zero-order valence-electron chi connectivity index (χ0n) is 14.8. The molecule has 1 aliphatic carbocycles. The van der Waals surface area contributed by atoms with Crippen molar-refractivity contribution in [1.82, 2.24) is 5.32 Å². The van der Waals surface area contributed by atoms with Crippen LogP contribution < -0.4 is 10.6 Å². The molecule has 1 amide bonds. The van der Waals surface area contributed by atoms with Gasteiger partial charge in [-0.25, -0.2) is 9.59 Å². The fourth-order valence-electron chi connectivity index (χ4n) is 2.82. The molecular weight excluding hydrogens is 344 g/mol. The molecule has 7 heteroatoms. The van der Waals surface area contributed by atoms with Crippen molar-refractivity contribution in [1.29, 1.82) is 0 Å². The van der Waals surface area contributed by atoms with E-state index >= 15 is 0 Å². The summed E-state index contributed by atoms with van der Waals surface area (Å²) in [5.41, 5.74) is 0.281. The summed E-state index contributed by atoms with van der Waals surface area (Å²) in [7, 11) is 0. The third-order valence-electron chi connectivity index (χ3n) is 4.03. The molecule has 0 saturated heterocycles. The molecule has 0 heterocycles. The molecule has 1 aliphatic rings. The molecule has 0 spiro atoms. The summed E-state index contributed by atoms with van der Waals surface area (Å²) >= 11 is 5.95. The van der Waals surface area contributed by atoms with Crippen LogP contribution >= 0.6 is 11.6 Å². The summed E-state index contributed by atoms with van der Waals surface area (Å²) in [4.78, 5) is 22.8. The van der Waals surface area contributed by atoms with Gasteiger partial charge in [0, 0.05) is 17.6 Å². The molecule has 0 aliphatic heterocycles. The summed E-state index contributed by atoms with van der Waals surface area (Å²) < 4.78 is 5.19. The predicted molar refractivity (Wildman–Crippen MR) is 97.4 cm³/mol. The largest absolute Gasteiger partial charge is 0.478 e. The van der Waals surface area contributed by atoms with Crippen LogP contribution in [0, 0.1) is 5.92 Å². The van der Waals surface area contributed by atoms with Crippen LogP contribution in [0.15, 0.2) is 18.2 Å². The number of carbonyl (C=O) groups excluding carboxylic acids is 1. The number of hydrogen-bond acceptors (Lipinski definition) is 4. The Kier molecular flexibility index (Phi) is 6.16. The van der Waals surface area contributed by atoms with E-state index in [4.69, 9.17) is 16.3 Å². The number of carboxylic acids is 1. The zero-order valence-corrected chi connectivity index (χ0v) is 15.5. The van der Waals surface area contributed by atoms with Crippen LogP contribution in [0.1, 0.15) is 50.4 Å². The van der Waals surface area contributed by atoms with Gasteiger partial charge in [-0.1, -0.05) is 11.6 Å². The molecule has 1 aromatic carbocycles. The first kappa shape index (κ1) is 19.4. The molecule has 1 aromatic rings. The molecule has 0 bridgehead atoms. The zero-order chi connectivity index (χ0) is 18.6. The van der Waals surface area contributed by atoms with E-state index in [1.165, 1.54) is 6.07 Å². The van der Waals surface area contributed by atoms with E-state index in [0.717, 1.165) is 19.3 Å². The average molecular weight is 369 g/mol. The maximum atomic E-state index is 11.6. The highest BCUT2D eigenvalue weighted by atomic mass is 35.5. The fourth-order valence-corrected chi connectivity index (χ4v) is 3.00. The van der Waals surface area contributed by atoms with E-state index in [1.807, 2.05) is 20.8 Å². The van der Waals surface area contributed by atoms with Crippen LogP contribution in [0.5, 0.6) is 0 Å². The van der Waals surface area contributed by atoms with E-state index < -0.39 is 17.7 Å². The van der Waals surface area contributed by atoms with Gasteiger partial charge in [0.25, 0.3) is 0 Å². The summed E-state index contributed by atoms with van der Waals surface area (Å²) in [6.07, 6.45) is 2.34. The standard InChI is InChI=1S/C18H25ClN2O4/c1-18(2,3)25-17(24)20-7-6-11-8-13(9-11)21-15-10-12(19)4-5-14(15)16(22)23/h4-5,10-11,13,21H,6-9H2,1-3H3,(H,20,24)(H,22,23). The van der Waals surface area contributed by atoms with Gasteiger partial charge in [-0.15, -0.1) is 0 Å². The predicted octanol–water partition coefficient (Wildman–Crippen LogP) is 4.14. The maximum Gasteiger partial charge on any atom is 0.407 e. The molecule has 0 atom stereocenters. The highest BCUT2D eigenvalue weighted by molar-refractivity contribution is 6.31. The highest BCUT2D eigenvalue weighted by Gasteiger charge is 2.29. The van der Waals surface area contributed by atoms with E-state index in [9.17, 15) is 14.7 Å². The topological polar surface area (TPSA) is 87.7 Å². The Morgan fingerprint density at radius 2 is 2.00 bits per heavy atom. The maximum absolute atomic E-state index is 11.6. The van der Waals surface area contributed by atoms with Gasteiger partial charge in [0.05, 0.1) is 11.3 Å². The Morgan fingerprint density at radius 3 is 2.60 bits per heavy atom. The number of carbonyl (C=O) groups is 2. The SMILES string of the molecule is CC(C)(C)OC(=O)NCCC1CC(Nc2cc(Cl)ccc2C(=O)O)C1. The van der Waals surface area contributed by atoms with Crippen LogP contribution in [0.3, 0.4) is 0 Å². The minimum atomic E-state index is -0.975. The Hall–Kier alpha value is -1.95. The minimum Gasteiger partial charge on any atom is -0.478 e. The number of rotatable bonds is 6. The molecule has 0 unspecified atom stereocenters. The Labute approximate surface area is 152 Å². The van der Waals surface area contributed by atoms with Gasteiger partial charge >= 0.3 is 12.1 Å². The van der Waals surface area contributed by atoms with Crippen molar-refractivity contribution in [2.24, 2.45) is 5.92 Å². The van der Waals surface area contributed by atoms with Gasteiger partial charge in [-0.2, -0.15) is 0 Å². The van der Waals surface area contributed by atoms with Crippen molar-refractivity contribution in [2.75, 3.05) is 11.9 Å². The Bertz CT molecular complexity index is 636. The molecule has 138 valence electrons. The second-order valence-corrected chi connectivity index (χ2v) is 7.83. The van der Waals surface area contributed by atoms with E-state index in [2.05, 4.69) is 10.6 Å². The normalized spacial score (nSPS) is 19.7. The molecule has 0 radical (unpaired) electrons. The number of aromatic carboxylic acids is 1. The Balaban J connectivity index is 1.72.